The van der Waals surface area contributed by atoms with Gasteiger partial charge in [-0.05, 0) is 42.8 Å². The Morgan fingerprint density at radius 1 is 1.18 bits per heavy atom. The van der Waals surface area contributed by atoms with Gasteiger partial charge in [0.25, 0.3) is 0 Å². The second kappa shape index (κ2) is 12.2. The number of hydrogen-bond donors (Lipinski definition) is 4. The molecule has 4 aromatic rings. The summed E-state index contributed by atoms with van der Waals surface area (Å²) in [6, 6.07) is 14.2. The van der Waals surface area contributed by atoms with Crippen LogP contribution in [-0.2, 0) is 4.79 Å². The van der Waals surface area contributed by atoms with Crippen molar-refractivity contribution in [1.29, 1.82) is 5.26 Å². The smallest absolute Gasteiger partial charge is 0.475 e. The summed E-state index contributed by atoms with van der Waals surface area (Å²) in [7, 11) is 0. The lowest BCUT2D eigenvalue weighted by molar-refractivity contribution is -0.192. The fourth-order valence-corrected chi connectivity index (χ4v) is 3.57. The number of alkyl halides is 3. The van der Waals surface area contributed by atoms with E-state index in [1.165, 1.54) is 0 Å². The van der Waals surface area contributed by atoms with Crippen molar-refractivity contribution in [2.24, 2.45) is 5.73 Å². The van der Waals surface area contributed by atoms with Crippen molar-refractivity contribution in [3.63, 3.8) is 0 Å². The summed E-state index contributed by atoms with van der Waals surface area (Å²) in [5.74, 6) is -2.41. The zero-order valence-electron chi connectivity index (χ0n) is 20.1. The van der Waals surface area contributed by atoms with E-state index >= 15 is 0 Å². The number of nitrogens with two attached hydrogens (primary N) is 1. The number of nitriles is 1. The standard InChI is InChI=1S/C22H19ClN8O.C2HF3O2/c1-13-9-16(11-17(23)27-13)19-20(15-4-2-3-14(10-15)12-25)30-31-8-5-18(28-21(19)31)29-22(32)26-7-6-24;3-2(4,5)1(6)7/h2-5,8-11H,6-7,24H2,1H3,(H2,26,28,29,32);(H,6,7). The lowest BCUT2D eigenvalue weighted by Gasteiger charge is -2.08. The molecule has 0 atom stereocenters. The predicted molar refractivity (Wildman–Crippen MR) is 136 cm³/mol. The van der Waals surface area contributed by atoms with Crippen LogP contribution in [0.25, 0.3) is 28.0 Å². The van der Waals surface area contributed by atoms with Crippen LogP contribution < -0.4 is 16.4 Å². The summed E-state index contributed by atoms with van der Waals surface area (Å²) in [4.78, 5) is 29.8. The van der Waals surface area contributed by atoms with Gasteiger partial charge in [0.15, 0.2) is 5.65 Å². The average molecular weight is 561 g/mol. The van der Waals surface area contributed by atoms with E-state index in [9.17, 15) is 23.2 Å². The van der Waals surface area contributed by atoms with E-state index in [0.29, 0.717) is 46.5 Å². The topological polar surface area (TPSA) is 171 Å². The summed E-state index contributed by atoms with van der Waals surface area (Å²) >= 11 is 6.24. The number of halogens is 4. The van der Waals surface area contributed by atoms with Gasteiger partial charge >= 0.3 is 18.2 Å². The third-order valence-corrected chi connectivity index (χ3v) is 5.07. The molecular formula is C24H20ClF3N8O3. The summed E-state index contributed by atoms with van der Waals surface area (Å²) in [5, 5.41) is 26.8. The van der Waals surface area contributed by atoms with Crippen LogP contribution in [0, 0.1) is 18.3 Å². The van der Waals surface area contributed by atoms with E-state index in [2.05, 4.69) is 26.7 Å². The lowest BCUT2D eigenvalue weighted by Crippen LogP contribution is -2.33. The molecular weight excluding hydrogens is 541 g/mol. The minimum absolute atomic E-state index is 0.333. The number of amides is 2. The van der Waals surface area contributed by atoms with Gasteiger partial charge in [-0.3, -0.25) is 5.32 Å². The van der Waals surface area contributed by atoms with Crippen LogP contribution in [0.2, 0.25) is 5.15 Å². The van der Waals surface area contributed by atoms with Crippen molar-refractivity contribution < 1.29 is 27.9 Å². The molecule has 3 heterocycles. The number of carboxylic acid groups (broad SMARTS) is 1. The zero-order valence-corrected chi connectivity index (χ0v) is 20.9. The highest BCUT2D eigenvalue weighted by molar-refractivity contribution is 6.29. The molecule has 11 nitrogen and oxygen atoms in total. The van der Waals surface area contributed by atoms with Crippen molar-refractivity contribution in [1.82, 2.24) is 24.9 Å². The van der Waals surface area contributed by atoms with Gasteiger partial charge in [-0.25, -0.2) is 24.1 Å². The third kappa shape index (κ3) is 7.40. The summed E-state index contributed by atoms with van der Waals surface area (Å²) in [5.41, 5.74) is 10.0. The molecule has 39 heavy (non-hydrogen) atoms. The number of pyridine rings is 1. The van der Waals surface area contributed by atoms with Crippen LogP contribution in [0.3, 0.4) is 0 Å². The lowest BCUT2D eigenvalue weighted by atomic mass is 10.00. The van der Waals surface area contributed by atoms with Gasteiger partial charge in [-0.15, -0.1) is 0 Å². The van der Waals surface area contributed by atoms with Gasteiger partial charge in [-0.2, -0.15) is 23.5 Å². The Morgan fingerprint density at radius 3 is 2.51 bits per heavy atom. The fraction of sp³-hybridized carbons (Fsp3) is 0.167. The molecule has 202 valence electrons. The van der Waals surface area contributed by atoms with Crippen LogP contribution in [0.15, 0.2) is 48.7 Å². The number of benzene rings is 1. The van der Waals surface area contributed by atoms with Crippen LogP contribution in [-0.4, -0.2) is 56.0 Å². The molecule has 0 fully saturated rings. The highest BCUT2D eigenvalue weighted by Gasteiger charge is 2.38. The maximum Gasteiger partial charge on any atom is 0.490 e. The normalized spacial score (nSPS) is 10.8. The second-order valence-electron chi connectivity index (χ2n) is 7.79. The Morgan fingerprint density at radius 2 is 1.90 bits per heavy atom. The number of anilines is 1. The SMILES string of the molecule is Cc1cc(-c2c(-c3cccc(C#N)c3)nn3ccc(NC(=O)NCCN)nc23)cc(Cl)n1.O=C(O)C(F)(F)F. The van der Waals surface area contributed by atoms with E-state index in [1.54, 1.807) is 41.0 Å². The largest absolute Gasteiger partial charge is 0.490 e. The van der Waals surface area contributed by atoms with Crippen LogP contribution in [0.4, 0.5) is 23.8 Å². The number of nitrogens with zero attached hydrogens (tertiary/aromatic N) is 5. The van der Waals surface area contributed by atoms with Gasteiger partial charge in [0.1, 0.15) is 16.7 Å². The molecule has 0 spiro atoms. The van der Waals surface area contributed by atoms with Gasteiger partial charge in [-0.1, -0.05) is 23.7 Å². The Labute approximate surface area is 224 Å². The first-order chi connectivity index (χ1) is 18.4. The van der Waals surface area contributed by atoms with E-state index in [1.807, 2.05) is 19.1 Å². The van der Waals surface area contributed by atoms with Crippen molar-refractivity contribution in [2.75, 3.05) is 18.4 Å². The number of hydrogen-bond acceptors (Lipinski definition) is 7. The molecule has 0 aliphatic heterocycles. The van der Waals surface area contributed by atoms with Gasteiger partial charge in [0, 0.05) is 30.5 Å². The fourth-order valence-electron chi connectivity index (χ4n) is 3.32. The van der Waals surface area contributed by atoms with Crippen LogP contribution >= 0.6 is 11.6 Å². The van der Waals surface area contributed by atoms with Crippen molar-refractivity contribution in [3.05, 3.63) is 65.1 Å². The van der Waals surface area contributed by atoms with E-state index < -0.39 is 18.2 Å². The van der Waals surface area contributed by atoms with Crippen LogP contribution in [0.5, 0.6) is 0 Å². The van der Waals surface area contributed by atoms with Gasteiger partial charge in [0.2, 0.25) is 0 Å². The molecule has 3 aromatic heterocycles. The molecule has 0 radical (unpaired) electrons. The minimum Gasteiger partial charge on any atom is -0.475 e. The molecule has 4 rings (SSSR count). The number of fused-ring (bicyclic) bond motifs is 1. The number of carbonyl (C=O) groups excluding carboxylic acids is 1. The zero-order chi connectivity index (χ0) is 28.7. The molecule has 15 heteroatoms. The van der Waals surface area contributed by atoms with Crippen molar-refractivity contribution in [2.45, 2.75) is 13.1 Å². The van der Waals surface area contributed by atoms with Gasteiger partial charge < -0.3 is 16.2 Å². The number of nitrogens with one attached hydrogen (secondary N) is 2. The maximum atomic E-state index is 12.1. The van der Waals surface area contributed by atoms with Crippen molar-refractivity contribution >= 4 is 35.1 Å². The highest BCUT2D eigenvalue weighted by Crippen LogP contribution is 2.36. The Hall–Kier alpha value is -4.74. The maximum absolute atomic E-state index is 12.1. The highest BCUT2D eigenvalue weighted by atomic mass is 35.5. The second-order valence-corrected chi connectivity index (χ2v) is 8.18. The molecule has 2 amide bonds. The first kappa shape index (κ1) is 28.8. The molecule has 0 bridgehead atoms. The molecule has 0 saturated carbocycles. The number of aromatic nitrogens is 4. The number of aliphatic carboxylic acids is 1. The number of carboxylic acids is 1. The number of rotatable bonds is 5. The molecule has 1 aromatic carbocycles. The third-order valence-electron chi connectivity index (χ3n) is 4.88. The van der Waals surface area contributed by atoms with E-state index in [0.717, 1.165) is 16.8 Å². The van der Waals surface area contributed by atoms with E-state index in [4.69, 9.17) is 32.3 Å². The molecule has 0 aliphatic carbocycles. The molecule has 0 saturated heterocycles. The molecule has 0 unspecified atom stereocenters. The predicted octanol–water partition coefficient (Wildman–Crippen LogP) is 4.01. The average Bonchev–Trinajstić information content (AvgIpc) is 3.25. The van der Waals surface area contributed by atoms with Gasteiger partial charge in [0.05, 0.1) is 17.2 Å². The first-order valence-corrected chi connectivity index (χ1v) is 11.4. The molecule has 5 N–H and O–H groups in total. The monoisotopic (exact) mass is 560 g/mol. The summed E-state index contributed by atoms with van der Waals surface area (Å²) in [6.45, 7) is 2.53. The number of urea groups is 1. The first-order valence-electron chi connectivity index (χ1n) is 11.0. The number of carbonyl (C=O) groups is 2. The summed E-state index contributed by atoms with van der Waals surface area (Å²) in [6.07, 6.45) is -3.38. The van der Waals surface area contributed by atoms with E-state index in [-0.39, 0.29) is 0 Å². The summed E-state index contributed by atoms with van der Waals surface area (Å²) < 4.78 is 33.4. The van der Waals surface area contributed by atoms with Crippen molar-refractivity contribution in [3.8, 4) is 28.5 Å². The Balaban J connectivity index is 0.000000532. The van der Waals surface area contributed by atoms with Crippen LogP contribution in [0.1, 0.15) is 11.3 Å². The minimum atomic E-state index is -5.08. The Bertz CT molecular complexity index is 1550. The quantitative estimate of drug-likeness (QED) is 0.265. The number of aryl methyl sites for hydroxylation is 1. The Kier molecular flexibility index (Phi) is 9.02. The molecule has 0 aliphatic rings.